The molecule has 0 spiro atoms. The van der Waals surface area contributed by atoms with Gasteiger partial charge in [0, 0.05) is 5.92 Å². The molecule has 0 aromatic carbocycles. The van der Waals surface area contributed by atoms with E-state index >= 15 is 0 Å². The van der Waals surface area contributed by atoms with E-state index in [9.17, 15) is 9.59 Å². The summed E-state index contributed by atoms with van der Waals surface area (Å²) in [7, 11) is 0. The SMILES string of the molecule is CC(C)C(=O)NCCOC(=O)C(C)C. The van der Waals surface area contributed by atoms with Gasteiger partial charge < -0.3 is 10.1 Å². The van der Waals surface area contributed by atoms with Crippen molar-refractivity contribution >= 4 is 11.9 Å². The van der Waals surface area contributed by atoms with E-state index in [0.29, 0.717) is 6.54 Å². The smallest absolute Gasteiger partial charge is 0.308 e. The molecule has 0 saturated heterocycles. The highest BCUT2D eigenvalue weighted by atomic mass is 16.5. The van der Waals surface area contributed by atoms with Gasteiger partial charge in [0.25, 0.3) is 0 Å². The molecule has 0 aliphatic heterocycles. The van der Waals surface area contributed by atoms with E-state index in [2.05, 4.69) is 5.32 Å². The third-order valence-electron chi connectivity index (χ3n) is 1.64. The van der Waals surface area contributed by atoms with Crippen molar-refractivity contribution in [1.82, 2.24) is 5.32 Å². The highest BCUT2D eigenvalue weighted by molar-refractivity contribution is 5.77. The molecule has 0 saturated carbocycles. The fourth-order valence-electron chi connectivity index (χ4n) is 0.697. The molecule has 0 aromatic heterocycles. The molecule has 4 heteroatoms. The second kappa shape index (κ2) is 6.40. The molecule has 82 valence electrons. The topological polar surface area (TPSA) is 55.4 Å². The van der Waals surface area contributed by atoms with Gasteiger partial charge in [0.2, 0.25) is 5.91 Å². The first-order valence-corrected chi connectivity index (χ1v) is 4.89. The van der Waals surface area contributed by atoms with Gasteiger partial charge in [0.05, 0.1) is 12.5 Å². The molecule has 0 heterocycles. The predicted molar refractivity (Wildman–Crippen MR) is 53.6 cm³/mol. The van der Waals surface area contributed by atoms with E-state index in [0.717, 1.165) is 0 Å². The summed E-state index contributed by atoms with van der Waals surface area (Å²) in [6.45, 7) is 7.81. The number of amides is 1. The summed E-state index contributed by atoms with van der Waals surface area (Å²) in [5.41, 5.74) is 0. The van der Waals surface area contributed by atoms with Crippen molar-refractivity contribution in [2.24, 2.45) is 11.8 Å². The van der Waals surface area contributed by atoms with Crippen LogP contribution in [0.3, 0.4) is 0 Å². The van der Waals surface area contributed by atoms with Gasteiger partial charge in [-0.2, -0.15) is 0 Å². The Morgan fingerprint density at radius 2 is 1.71 bits per heavy atom. The third-order valence-corrected chi connectivity index (χ3v) is 1.64. The Morgan fingerprint density at radius 1 is 1.14 bits per heavy atom. The first-order chi connectivity index (χ1) is 6.45. The molecule has 0 bridgehead atoms. The van der Waals surface area contributed by atoms with Crippen LogP contribution in [0.25, 0.3) is 0 Å². The molecule has 0 aliphatic rings. The van der Waals surface area contributed by atoms with Gasteiger partial charge in [-0.1, -0.05) is 27.7 Å². The third kappa shape index (κ3) is 5.56. The first-order valence-electron chi connectivity index (χ1n) is 4.89. The van der Waals surface area contributed by atoms with Crippen LogP contribution in [0.15, 0.2) is 0 Å². The van der Waals surface area contributed by atoms with Gasteiger partial charge in [0.15, 0.2) is 0 Å². The maximum atomic E-state index is 11.1. The Labute approximate surface area is 85.0 Å². The van der Waals surface area contributed by atoms with E-state index in [1.165, 1.54) is 0 Å². The first kappa shape index (κ1) is 12.9. The van der Waals surface area contributed by atoms with Crippen molar-refractivity contribution in [3.8, 4) is 0 Å². The van der Waals surface area contributed by atoms with E-state index < -0.39 is 0 Å². The second-order valence-corrected chi connectivity index (χ2v) is 3.77. The number of hydrogen-bond donors (Lipinski definition) is 1. The molecule has 0 unspecified atom stereocenters. The fraction of sp³-hybridized carbons (Fsp3) is 0.800. The Bertz CT molecular complexity index is 178. The Balaban J connectivity index is 3.48. The zero-order chi connectivity index (χ0) is 11.1. The number of ether oxygens (including phenoxy) is 1. The maximum absolute atomic E-state index is 11.1. The minimum absolute atomic E-state index is 0.0226. The molecule has 0 fully saturated rings. The minimum atomic E-state index is -0.233. The average molecular weight is 201 g/mol. The van der Waals surface area contributed by atoms with E-state index in [1.54, 1.807) is 13.8 Å². The van der Waals surface area contributed by atoms with Gasteiger partial charge in [-0.3, -0.25) is 9.59 Å². The Kier molecular flexibility index (Phi) is 5.92. The van der Waals surface area contributed by atoms with Gasteiger partial charge in [0.1, 0.15) is 6.61 Å². The number of hydrogen-bond acceptors (Lipinski definition) is 3. The summed E-state index contributed by atoms with van der Waals surface area (Å²) in [4.78, 5) is 22.1. The molecule has 0 aliphatic carbocycles. The van der Waals surface area contributed by atoms with Crippen molar-refractivity contribution in [2.75, 3.05) is 13.2 Å². The highest BCUT2D eigenvalue weighted by Gasteiger charge is 2.08. The lowest BCUT2D eigenvalue weighted by atomic mass is 10.2. The van der Waals surface area contributed by atoms with Crippen LogP contribution in [-0.2, 0) is 14.3 Å². The summed E-state index contributed by atoms with van der Waals surface area (Å²) in [5.74, 6) is -0.402. The summed E-state index contributed by atoms with van der Waals surface area (Å²) < 4.78 is 4.88. The number of carbonyl (C=O) groups is 2. The number of rotatable bonds is 5. The molecule has 4 nitrogen and oxygen atoms in total. The zero-order valence-electron chi connectivity index (χ0n) is 9.29. The molecular weight excluding hydrogens is 182 g/mol. The highest BCUT2D eigenvalue weighted by Crippen LogP contribution is 1.95. The van der Waals surface area contributed by atoms with E-state index in [1.807, 2.05) is 13.8 Å². The van der Waals surface area contributed by atoms with Crippen LogP contribution in [0, 0.1) is 11.8 Å². The molecule has 14 heavy (non-hydrogen) atoms. The number of esters is 1. The van der Waals surface area contributed by atoms with Crippen LogP contribution >= 0.6 is 0 Å². The molecule has 0 atom stereocenters. The second-order valence-electron chi connectivity index (χ2n) is 3.77. The van der Waals surface area contributed by atoms with Gasteiger partial charge >= 0.3 is 5.97 Å². The van der Waals surface area contributed by atoms with Crippen molar-refractivity contribution in [1.29, 1.82) is 0 Å². The monoisotopic (exact) mass is 201 g/mol. The van der Waals surface area contributed by atoms with Crippen LogP contribution in [-0.4, -0.2) is 25.0 Å². The lowest BCUT2D eigenvalue weighted by molar-refractivity contribution is -0.147. The predicted octanol–water partition coefficient (Wildman–Crippen LogP) is 0.958. The van der Waals surface area contributed by atoms with Crippen LogP contribution in [0.1, 0.15) is 27.7 Å². The lowest BCUT2D eigenvalue weighted by Gasteiger charge is -2.09. The molecule has 1 amide bonds. The summed E-state index contributed by atoms with van der Waals surface area (Å²) >= 11 is 0. The molecule has 0 rings (SSSR count). The summed E-state index contributed by atoms with van der Waals surface area (Å²) in [6.07, 6.45) is 0. The maximum Gasteiger partial charge on any atom is 0.308 e. The van der Waals surface area contributed by atoms with Crippen LogP contribution in [0.4, 0.5) is 0 Å². The van der Waals surface area contributed by atoms with Crippen LogP contribution in [0.2, 0.25) is 0 Å². The Morgan fingerprint density at radius 3 is 2.14 bits per heavy atom. The standard InChI is InChI=1S/C10H19NO3/c1-7(2)9(12)11-5-6-14-10(13)8(3)4/h7-8H,5-6H2,1-4H3,(H,11,12). The Hall–Kier alpha value is -1.06. The van der Waals surface area contributed by atoms with Crippen molar-refractivity contribution < 1.29 is 14.3 Å². The van der Waals surface area contributed by atoms with Crippen molar-refractivity contribution in [3.63, 3.8) is 0 Å². The lowest BCUT2D eigenvalue weighted by Crippen LogP contribution is -2.31. The largest absolute Gasteiger partial charge is 0.464 e. The minimum Gasteiger partial charge on any atom is -0.464 e. The van der Waals surface area contributed by atoms with Gasteiger partial charge in [-0.05, 0) is 0 Å². The number of carbonyl (C=O) groups excluding carboxylic acids is 2. The van der Waals surface area contributed by atoms with E-state index in [-0.39, 0.29) is 30.3 Å². The zero-order valence-corrected chi connectivity index (χ0v) is 9.29. The number of nitrogens with one attached hydrogen (secondary N) is 1. The molecule has 0 aromatic rings. The van der Waals surface area contributed by atoms with Crippen molar-refractivity contribution in [2.45, 2.75) is 27.7 Å². The van der Waals surface area contributed by atoms with Crippen LogP contribution < -0.4 is 5.32 Å². The normalized spacial score (nSPS) is 10.4. The fourth-order valence-corrected chi connectivity index (χ4v) is 0.697. The molecular formula is C10H19NO3. The summed E-state index contributed by atoms with van der Waals surface area (Å²) in [5, 5.41) is 2.66. The quantitative estimate of drug-likeness (QED) is 0.532. The molecule has 1 N–H and O–H groups in total. The van der Waals surface area contributed by atoms with E-state index in [4.69, 9.17) is 4.74 Å². The van der Waals surface area contributed by atoms with Crippen molar-refractivity contribution in [3.05, 3.63) is 0 Å². The molecule has 0 radical (unpaired) electrons. The van der Waals surface area contributed by atoms with Gasteiger partial charge in [-0.15, -0.1) is 0 Å². The average Bonchev–Trinajstić information content (AvgIpc) is 2.11. The summed E-state index contributed by atoms with van der Waals surface area (Å²) in [6, 6.07) is 0. The van der Waals surface area contributed by atoms with Gasteiger partial charge in [-0.25, -0.2) is 0 Å². The van der Waals surface area contributed by atoms with Crippen LogP contribution in [0.5, 0.6) is 0 Å².